The van der Waals surface area contributed by atoms with E-state index in [-0.39, 0.29) is 46.2 Å². The summed E-state index contributed by atoms with van der Waals surface area (Å²) in [5.41, 5.74) is -0.0905. The molecule has 0 saturated carbocycles. The predicted molar refractivity (Wildman–Crippen MR) is 94.8 cm³/mol. The third-order valence-corrected chi connectivity index (χ3v) is 5.09. The molecule has 1 aromatic heterocycles. The fourth-order valence-electron chi connectivity index (χ4n) is 2.52. The van der Waals surface area contributed by atoms with E-state index in [4.69, 9.17) is 9.47 Å². The largest absolute Gasteiger partial charge is 0.493 e. The van der Waals surface area contributed by atoms with Crippen LogP contribution in [0, 0.1) is 6.92 Å². The van der Waals surface area contributed by atoms with Crippen molar-refractivity contribution in [3.8, 4) is 5.88 Å². The van der Waals surface area contributed by atoms with Gasteiger partial charge in [0.1, 0.15) is 12.2 Å². The first-order valence-corrected chi connectivity index (χ1v) is 9.74. The smallest absolute Gasteiger partial charge is 0.339 e. The van der Waals surface area contributed by atoms with Gasteiger partial charge < -0.3 is 14.6 Å². The van der Waals surface area contributed by atoms with Gasteiger partial charge in [-0.25, -0.2) is 17.9 Å². The quantitative estimate of drug-likeness (QED) is 0.415. The van der Waals surface area contributed by atoms with E-state index < -0.39 is 21.6 Å². The molecule has 1 N–H and O–H groups in total. The fraction of sp³-hybridized carbons (Fsp3) is 0.353. The van der Waals surface area contributed by atoms with Gasteiger partial charge in [0.25, 0.3) is 0 Å². The van der Waals surface area contributed by atoms with Crippen LogP contribution in [0.2, 0.25) is 0 Å². The van der Waals surface area contributed by atoms with E-state index in [1.165, 1.54) is 39.4 Å². The molecule has 0 amide bonds. The van der Waals surface area contributed by atoms with Crippen molar-refractivity contribution in [1.29, 1.82) is 0 Å². The molecule has 0 fully saturated rings. The van der Waals surface area contributed by atoms with Crippen LogP contribution >= 0.6 is 0 Å². The van der Waals surface area contributed by atoms with E-state index in [0.717, 1.165) is 10.9 Å². The molecular formula is C17H20N2O7S. The van der Waals surface area contributed by atoms with Crippen molar-refractivity contribution in [2.75, 3.05) is 26.6 Å². The molecule has 0 saturated heterocycles. The lowest BCUT2D eigenvalue weighted by atomic mass is 9.96. The minimum Gasteiger partial charge on any atom is -0.493 e. The zero-order chi connectivity index (χ0) is 20.4. The Balaban J connectivity index is 2.59. The molecule has 0 radical (unpaired) electrons. The Hall–Kier alpha value is -2.72. The lowest BCUT2D eigenvalue weighted by molar-refractivity contribution is 0.0383. The van der Waals surface area contributed by atoms with Gasteiger partial charge in [0, 0.05) is 26.0 Å². The summed E-state index contributed by atoms with van der Waals surface area (Å²) in [4.78, 5) is 25.0. The number of sulfone groups is 1. The van der Waals surface area contributed by atoms with Gasteiger partial charge in [-0.1, -0.05) is 0 Å². The van der Waals surface area contributed by atoms with Crippen LogP contribution in [-0.4, -0.2) is 61.6 Å². The summed E-state index contributed by atoms with van der Waals surface area (Å²) >= 11 is 0. The number of aromatic nitrogens is 2. The molecule has 0 aliphatic heterocycles. The van der Waals surface area contributed by atoms with Crippen LogP contribution in [0.25, 0.3) is 0 Å². The summed E-state index contributed by atoms with van der Waals surface area (Å²) in [6, 6.07) is 2.47. The maximum atomic E-state index is 12.8. The van der Waals surface area contributed by atoms with E-state index in [1.807, 2.05) is 0 Å². The summed E-state index contributed by atoms with van der Waals surface area (Å²) in [7, 11) is -0.858. The Labute approximate surface area is 156 Å². The minimum atomic E-state index is -3.75. The average molecular weight is 396 g/mol. The summed E-state index contributed by atoms with van der Waals surface area (Å²) in [6.07, 6.45) is 2.15. The highest BCUT2D eigenvalue weighted by atomic mass is 32.2. The second kappa shape index (κ2) is 7.89. The maximum Gasteiger partial charge on any atom is 0.339 e. The van der Waals surface area contributed by atoms with Gasteiger partial charge in [-0.2, -0.15) is 5.10 Å². The number of ether oxygens (including phenoxy) is 2. The molecule has 146 valence electrons. The Morgan fingerprint density at radius 1 is 1.22 bits per heavy atom. The van der Waals surface area contributed by atoms with E-state index >= 15 is 0 Å². The molecule has 0 unspecified atom stereocenters. The van der Waals surface area contributed by atoms with Crippen LogP contribution in [0.4, 0.5) is 0 Å². The molecule has 0 bridgehead atoms. The van der Waals surface area contributed by atoms with Gasteiger partial charge >= 0.3 is 5.97 Å². The standard InChI is InChI=1S/C17H20N2O7S/c1-10-11(15(20)12-9-18-19(2)16(12)21)5-6-13(27(4,23)24)14(10)17(22)26-8-7-25-3/h5-6,9,21H,7-8H2,1-4H3. The second-order valence-electron chi connectivity index (χ2n) is 5.85. The van der Waals surface area contributed by atoms with E-state index in [9.17, 15) is 23.1 Å². The van der Waals surface area contributed by atoms with E-state index in [1.54, 1.807) is 0 Å². The monoisotopic (exact) mass is 396 g/mol. The number of carbonyl (C=O) groups excluding carboxylic acids is 2. The number of aromatic hydroxyl groups is 1. The number of aryl methyl sites for hydroxylation is 1. The van der Waals surface area contributed by atoms with Gasteiger partial charge in [-0.05, 0) is 24.6 Å². The highest BCUT2D eigenvalue weighted by Crippen LogP contribution is 2.27. The number of benzene rings is 1. The Morgan fingerprint density at radius 2 is 1.89 bits per heavy atom. The van der Waals surface area contributed by atoms with Gasteiger partial charge in [0.2, 0.25) is 5.88 Å². The minimum absolute atomic E-state index is 0.0596. The molecule has 0 aliphatic rings. The number of carbonyl (C=O) groups is 2. The first-order valence-electron chi connectivity index (χ1n) is 7.85. The number of nitrogens with zero attached hydrogens (tertiary/aromatic N) is 2. The second-order valence-corrected chi connectivity index (χ2v) is 7.83. The zero-order valence-corrected chi connectivity index (χ0v) is 16.2. The Kier molecular flexibility index (Phi) is 6.01. The van der Waals surface area contributed by atoms with Gasteiger partial charge in [-0.3, -0.25) is 4.79 Å². The molecular weight excluding hydrogens is 376 g/mol. The molecule has 10 heteroatoms. The first-order chi connectivity index (χ1) is 12.6. The van der Waals surface area contributed by atoms with Gasteiger partial charge in [0.15, 0.2) is 15.6 Å². The average Bonchev–Trinajstić information content (AvgIpc) is 2.92. The third-order valence-electron chi connectivity index (χ3n) is 3.95. The molecule has 27 heavy (non-hydrogen) atoms. The number of rotatable bonds is 7. The predicted octanol–water partition coefficient (Wildman–Crippen LogP) is 0.872. The number of methoxy groups -OCH3 is 1. The molecule has 0 aliphatic carbocycles. The van der Waals surface area contributed by atoms with Crippen molar-refractivity contribution in [3.05, 3.63) is 40.6 Å². The third kappa shape index (κ3) is 4.17. The number of ketones is 1. The van der Waals surface area contributed by atoms with Crippen LogP contribution in [0.1, 0.15) is 31.8 Å². The van der Waals surface area contributed by atoms with Crippen LogP contribution in [-0.2, 0) is 26.4 Å². The van der Waals surface area contributed by atoms with Crippen LogP contribution < -0.4 is 0 Å². The van der Waals surface area contributed by atoms with E-state index in [2.05, 4.69) is 5.10 Å². The molecule has 2 rings (SSSR count). The highest BCUT2D eigenvalue weighted by Gasteiger charge is 2.27. The van der Waals surface area contributed by atoms with Crippen molar-refractivity contribution in [1.82, 2.24) is 9.78 Å². The zero-order valence-electron chi connectivity index (χ0n) is 15.3. The highest BCUT2D eigenvalue weighted by molar-refractivity contribution is 7.90. The van der Waals surface area contributed by atoms with Crippen molar-refractivity contribution in [3.63, 3.8) is 0 Å². The number of hydrogen-bond acceptors (Lipinski definition) is 8. The van der Waals surface area contributed by atoms with E-state index in [0.29, 0.717) is 0 Å². The van der Waals surface area contributed by atoms with Crippen molar-refractivity contribution in [2.24, 2.45) is 7.05 Å². The van der Waals surface area contributed by atoms with Crippen molar-refractivity contribution in [2.45, 2.75) is 11.8 Å². The Morgan fingerprint density at radius 3 is 2.41 bits per heavy atom. The molecule has 0 spiro atoms. The molecule has 1 aromatic carbocycles. The lowest BCUT2D eigenvalue weighted by Crippen LogP contribution is -2.18. The van der Waals surface area contributed by atoms with Crippen LogP contribution in [0.5, 0.6) is 5.88 Å². The van der Waals surface area contributed by atoms with Crippen LogP contribution in [0.3, 0.4) is 0 Å². The SMILES string of the molecule is COCCOC(=O)c1c(S(C)(=O)=O)ccc(C(=O)c2cnn(C)c2O)c1C. The number of hydrogen-bond donors (Lipinski definition) is 1. The summed E-state index contributed by atoms with van der Waals surface area (Å²) < 4.78 is 35.1. The topological polar surface area (TPSA) is 125 Å². The molecule has 2 aromatic rings. The van der Waals surface area contributed by atoms with Crippen molar-refractivity contribution < 1.29 is 32.6 Å². The molecule has 9 nitrogen and oxygen atoms in total. The number of esters is 1. The van der Waals surface area contributed by atoms with Gasteiger partial charge in [-0.15, -0.1) is 0 Å². The normalized spacial score (nSPS) is 11.4. The Bertz CT molecular complexity index is 993. The van der Waals surface area contributed by atoms with Gasteiger partial charge in [0.05, 0.1) is 23.3 Å². The van der Waals surface area contributed by atoms with Crippen LogP contribution in [0.15, 0.2) is 23.2 Å². The lowest BCUT2D eigenvalue weighted by Gasteiger charge is -2.14. The molecule has 0 atom stereocenters. The maximum absolute atomic E-state index is 12.8. The summed E-state index contributed by atoms with van der Waals surface area (Å²) in [6.45, 7) is 1.52. The summed E-state index contributed by atoms with van der Waals surface area (Å²) in [5, 5.41) is 13.7. The fourth-order valence-corrected chi connectivity index (χ4v) is 3.44. The molecule has 1 heterocycles. The first kappa shape index (κ1) is 20.6. The summed E-state index contributed by atoms with van der Waals surface area (Å²) in [5.74, 6) is -1.81. The van der Waals surface area contributed by atoms with Crippen molar-refractivity contribution >= 4 is 21.6 Å².